The van der Waals surface area contributed by atoms with Gasteiger partial charge in [-0.1, -0.05) is 6.07 Å². The maximum Gasteiger partial charge on any atom is 0.410 e. The highest BCUT2D eigenvalue weighted by Crippen LogP contribution is 2.34. The second-order valence-corrected chi connectivity index (χ2v) is 8.03. The molecule has 1 aromatic carbocycles. The fraction of sp³-hybridized carbons (Fsp3) is 0.368. The number of rotatable bonds is 2. The van der Waals surface area contributed by atoms with Crippen molar-refractivity contribution in [3.8, 4) is 11.3 Å². The van der Waals surface area contributed by atoms with Gasteiger partial charge in [0, 0.05) is 18.7 Å². The van der Waals surface area contributed by atoms with Gasteiger partial charge in [-0.3, -0.25) is 0 Å². The first-order valence-corrected chi connectivity index (χ1v) is 9.16. The van der Waals surface area contributed by atoms with Crippen molar-refractivity contribution in [2.45, 2.75) is 32.4 Å². The molecule has 0 aliphatic carbocycles. The van der Waals surface area contributed by atoms with Gasteiger partial charge in [-0.25, -0.2) is 23.8 Å². The molecule has 0 spiro atoms. The smallest absolute Gasteiger partial charge is 0.410 e. The average Bonchev–Trinajstić information content (AvgIpc) is 2.95. The van der Waals surface area contributed by atoms with Gasteiger partial charge in [-0.05, 0) is 32.9 Å². The molecule has 1 fully saturated rings. The van der Waals surface area contributed by atoms with Crippen LogP contribution < -0.4 is 11.5 Å². The van der Waals surface area contributed by atoms with Gasteiger partial charge in [0.05, 0.1) is 17.1 Å². The number of hydrogen-bond donors (Lipinski definition) is 2. The number of carbonyl (C=O) groups excluding carboxylic acids is 1. The second-order valence-electron chi connectivity index (χ2n) is 8.03. The van der Waals surface area contributed by atoms with Crippen LogP contribution in [0.4, 0.5) is 20.7 Å². The van der Waals surface area contributed by atoms with Crippen LogP contribution in [0.15, 0.2) is 24.5 Å². The molecule has 4 N–H and O–H groups in total. The van der Waals surface area contributed by atoms with Crippen LogP contribution >= 0.6 is 0 Å². The van der Waals surface area contributed by atoms with Crippen molar-refractivity contribution in [1.29, 1.82) is 0 Å². The number of nitrogens with zero attached hydrogens (tertiary/aromatic N) is 5. The van der Waals surface area contributed by atoms with Crippen molar-refractivity contribution in [2.24, 2.45) is 0 Å². The summed E-state index contributed by atoms with van der Waals surface area (Å²) in [4.78, 5) is 22.2. The first-order chi connectivity index (χ1) is 13.6. The Kier molecular flexibility index (Phi) is 4.29. The zero-order valence-corrected chi connectivity index (χ0v) is 16.4. The van der Waals surface area contributed by atoms with Crippen LogP contribution in [0, 0.1) is 5.82 Å². The maximum absolute atomic E-state index is 14.0. The fourth-order valence-electron chi connectivity index (χ4n) is 3.21. The Morgan fingerprint density at radius 1 is 1.24 bits per heavy atom. The number of ether oxygens (including phenoxy) is 1. The summed E-state index contributed by atoms with van der Waals surface area (Å²) >= 11 is 0. The molecule has 1 aliphatic heterocycles. The summed E-state index contributed by atoms with van der Waals surface area (Å²) in [5, 5.41) is 5.16. The maximum atomic E-state index is 14.0. The van der Waals surface area contributed by atoms with Crippen molar-refractivity contribution in [1.82, 2.24) is 24.6 Å². The first kappa shape index (κ1) is 18.9. The number of benzene rings is 1. The zero-order valence-electron chi connectivity index (χ0n) is 16.4. The minimum absolute atomic E-state index is 0.0497. The molecule has 0 unspecified atom stereocenters. The minimum Gasteiger partial charge on any atom is -0.444 e. The largest absolute Gasteiger partial charge is 0.444 e. The third kappa shape index (κ3) is 3.41. The van der Waals surface area contributed by atoms with Crippen LogP contribution in [0.5, 0.6) is 0 Å². The molecule has 9 nitrogen and oxygen atoms in total. The molecule has 3 heterocycles. The van der Waals surface area contributed by atoms with Gasteiger partial charge in [0.25, 0.3) is 0 Å². The minimum atomic E-state index is -0.561. The number of hydrogen-bond acceptors (Lipinski definition) is 7. The number of anilines is 2. The van der Waals surface area contributed by atoms with E-state index < -0.39 is 11.4 Å². The number of likely N-dealkylation sites (tertiary alicyclic amines) is 1. The molecule has 3 aromatic rings. The summed E-state index contributed by atoms with van der Waals surface area (Å²) in [5.74, 6) is -0.294. The quantitative estimate of drug-likeness (QED) is 0.634. The van der Waals surface area contributed by atoms with Crippen LogP contribution in [-0.4, -0.2) is 49.4 Å². The molecule has 29 heavy (non-hydrogen) atoms. The lowest BCUT2D eigenvalue weighted by molar-refractivity contribution is 0.000115. The summed E-state index contributed by atoms with van der Waals surface area (Å²) in [5.41, 5.74) is 12.7. The summed E-state index contributed by atoms with van der Waals surface area (Å²) in [6.45, 7) is 6.30. The van der Waals surface area contributed by atoms with Crippen molar-refractivity contribution < 1.29 is 13.9 Å². The highest BCUT2D eigenvalue weighted by molar-refractivity contribution is 5.98. The first-order valence-electron chi connectivity index (χ1n) is 9.16. The highest BCUT2D eigenvalue weighted by atomic mass is 19.1. The number of fused-ring (bicyclic) bond motifs is 1. The molecule has 1 amide bonds. The molecule has 1 aliphatic rings. The van der Waals surface area contributed by atoms with E-state index in [-0.39, 0.29) is 23.6 Å². The van der Waals surface area contributed by atoms with Crippen LogP contribution in [-0.2, 0) is 4.74 Å². The molecule has 4 rings (SSSR count). The highest BCUT2D eigenvalue weighted by Gasteiger charge is 2.37. The molecule has 152 valence electrons. The van der Waals surface area contributed by atoms with Crippen LogP contribution in [0.2, 0.25) is 0 Å². The summed E-state index contributed by atoms with van der Waals surface area (Å²) in [6, 6.07) is 4.35. The standard InChI is InChI=1S/C19H22FN7O2/c1-19(2,3)29-18(28)26-7-11(8-26)27-17-14(16(22)23-9-24-17)15(25-27)10-4-5-13(21)12(20)6-10/h4-6,9,11H,7-8,21H2,1-3H3,(H2,22,23,24). The van der Waals surface area contributed by atoms with Gasteiger partial charge in [-0.2, -0.15) is 5.10 Å². The third-order valence-corrected chi connectivity index (χ3v) is 4.65. The lowest BCUT2D eigenvalue weighted by Crippen LogP contribution is -2.52. The lowest BCUT2D eigenvalue weighted by Gasteiger charge is -2.39. The van der Waals surface area contributed by atoms with Crippen LogP contribution in [0.1, 0.15) is 26.8 Å². The lowest BCUT2D eigenvalue weighted by atomic mass is 10.1. The Morgan fingerprint density at radius 3 is 2.62 bits per heavy atom. The molecule has 10 heteroatoms. The number of carbonyl (C=O) groups is 1. The van der Waals surface area contributed by atoms with Gasteiger partial charge in [-0.15, -0.1) is 0 Å². The predicted octanol–water partition coefficient (Wildman–Crippen LogP) is 2.59. The predicted molar refractivity (Wildman–Crippen MR) is 106 cm³/mol. The average molecular weight is 399 g/mol. The van der Waals surface area contributed by atoms with Gasteiger partial charge >= 0.3 is 6.09 Å². The van der Waals surface area contributed by atoms with E-state index in [4.69, 9.17) is 16.2 Å². The van der Waals surface area contributed by atoms with E-state index in [0.717, 1.165) is 0 Å². The van der Waals surface area contributed by atoms with E-state index >= 15 is 0 Å². The Balaban J connectivity index is 1.68. The van der Waals surface area contributed by atoms with Crippen molar-refractivity contribution in [2.75, 3.05) is 24.6 Å². The van der Waals surface area contributed by atoms with E-state index in [1.165, 1.54) is 18.5 Å². The van der Waals surface area contributed by atoms with Gasteiger partial charge in [0.2, 0.25) is 0 Å². The van der Waals surface area contributed by atoms with Crippen molar-refractivity contribution >= 4 is 28.6 Å². The van der Waals surface area contributed by atoms with Crippen molar-refractivity contribution in [3.63, 3.8) is 0 Å². The summed E-state index contributed by atoms with van der Waals surface area (Å²) in [7, 11) is 0. The SMILES string of the molecule is CC(C)(C)OC(=O)N1CC(n2nc(-c3ccc(N)c(F)c3)c3c(N)ncnc32)C1. The Labute approximate surface area is 166 Å². The van der Waals surface area contributed by atoms with Crippen LogP contribution in [0.3, 0.4) is 0 Å². The molecular weight excluding hydrogens is 377 g/mol. The summed E-state index contributed by atoms with van der Waals surface area (Å²) < 4.78 is 21.1. The summed E-state index contributed by atoms with van der Waals surface area (Å²) in [6.07, 6.45) is 0.980. The molecule has 0 radical (unpaired) electrons. The molecule has 2 aromatic heterocycles. The van der Waals surface area contributed by atoms with Gasteiger partial charge in [0.15, 0.2) is 5.65 Å². The zero-order chi connectivity index (χ0) is 20.9. The number of nitrogen functional groups attached to an aromatic ring is 2. The van der Waals surface area contributed by atoms with E-state index in [1.54, 1.807) is 15.6 Å². The number of halogens is 1. The van der Waals surface area contributed by atoms with E-state index in [9.17, 15) is 9.18 Å². The number of aromatic nitrogens is 4. The van der Waals surface area contributed by atoms with E-state index in [1.807, 2.05) is 20.8 Å². The van der Waals surface area contributed by atoms with E-state index in [0.29, 0.717) is 35.4 Å². The number of amides is 1. The molecule has 1 saturated heterocycles. The van der Waals surface area contributed by atoms with Crippen LogP contribution in [0.25, 0.3) is 22.3 Å². The van der Waals surface area contributed by atoms with Gasteiger partial charge in [0.1, 0.15) is 29.3 Å². The van der Waals surface area contributed by atoms with Crippen molar-refractivity contribution in [3.05, 3.63) is 30.3 Å². The Bertz CT molecular complexity index is 1100. The molecule has 0 atom stereocenters. The van der Waals surface area contributed by atoms with E-state index in [2.05, 4.69) is 15.1 Å². The fourth-order valence-corrected chi connectivity index (χ4v) is 3.21. The number of nitrogens with two attached hydrogens (primary N) is 2. The topological polar surface area (TPSA) is 125 Å². The molecule has 0 bridgehead atoms. The Morgan fingerprint density at radius 2 is 1.97 bits per heavy atom. The molecular formula is C19H22FN7O2. The normalized spacial score (nSPS) is 14.8. The van der Waals surface area contributed by atoms with Gasteiger partial charge < -0.3 is 21.1 Å². The third-order valence-electron chi connectivity index (χ3n) is 4.65. The molecule has 0 saturated carbocycles. The Hall–Kier alpha value is -3.43. The monoisotopic (exact) mass is 399 g/mol. The second kappa shape index (κ2) is 6.57.